The van der Waals surface area contributed by atoms with Gasteiger partial charge in [0.2, 0.25) is 21.8 Å². The Bertz CT molecular complexity index is 1110. The highest BCUT2D eigenvalue weighted by Crippen LogP contribution is 2.23. The fraction of sp³-hybridized carbons (Fsp3) is 0.462. The molecule has 35 heavy (non-hydrogen) atoms. The number of carbonyl (C=O) groups excluding carboxylic acids is 2. The monoisotopic (exact) mass is 503 g/mol. The van der Waals surface area contributed by atoms with E-state index in [1.54, 1.807) is 44.4 Å². The van der Waals surface area contributed by atoms with E-state index < -0.39 is 28.5 Å². The van der Waals surface area contributed by atoms with E-state index in [-0.39, 0.29) is 12.5 Å². The second-order valence-corrected chi connectivity index (χ2v) is 10.7. The van der Waals surface area contributed by atoms with Gasteiger partial charge in [0, 0.05) is 13.1 Å². The summed E-state index contributed by atoms with van der Waals surface area (Å²) in [5.74, 6) is -0.134. The molecule has 2 amide bonds. The quantitative estimate of drug-likeness (QED) is 0.448. The lowest BCUT2D eigenvalue weighted by atomic mass is 10.1. The lowest BCUT2D eigenvalue weighted by Gasteiger charge is -2.31. The minimum Gasteiger partial charge on any atom is -0.497 e. The molecule has 0 heterocycles. The average Bonchev–Trinajstić information content (AvgIpc) is 2.79. The largest absolute Gasteiger partial charge is 0.497 e. The van der Waals surface area contributed by atoms with Crippen LogP contribution in [0.15, 0.2) is 42.5 Å². The zero-order chi connectivity index (χ0) is 26.2. The number of benzene rings is 2. The number of carbonyl (C=O) groups is 2. The van der Waals surface area contributed by atoms with Crippen molar-refractivity contribution in [3.8, 4) is 5.75 Å². The first-order valence-corrected chi connectivity index (χ1v) is 13.6. The number of hydrogen-bond donors (Lipinski definition) is 1. The summed E-state index contributed by atoms with van der Waals surface area (Å²) in [6, 6.07) is 11.8. The van der Waals surface area contributed by atoms with Gasteiger partial charge in [-0.2, -0.15) is 0 Å². The normalized spacial score (nSPS) is 12.1. The topological polar surface area (TPSA) is 96.0 Å². The van der Waals surface area contributed by atoms with Gasteiger partial charge in [-0.25, -0.2) is 8.42 Å². The van der Waals surface area contributed by atoms with Crippen molar-refractivity contribution in [3.63, 3.8) is 0 Å². The molecule has 8 nitrogen and oxygen atoms in total. The third-order valence-electron chi connectivity index (χ3n) is 5.66. The van der Waals surface area contributed by atoms with Gasteiger partial charge in [-0.1, -0.05) is 31.5 Å². The summed E-state index contributed by atoms with van der Waals surface area (Å²) in [6.07, 6.45) is 2.84. The van der Waals surface area contributed by atoms with Crippen LogP contribution in [0.5, 0.6) is 5.75 Å². The molecule has 0 aliphatic carbocycles. The number of nitrogens with zero attached hydrogens (tertiary/aromatic N) is 2. The second kappa shape index (κ2) is 12.6. The summed E-state index contributed by atoms with van der Waals surface area (Å²) in [4.78, 5) is 27.9. The number of aryl methyl sites for hydroxylation is 2. The zero-order valence-corrected chi connectivity index (χ0v) is 22.3. The second-order valence-electron chi connectivity index (χ2n) is 8.81. The third kappa shape index (κ3) is 8.28. The summed E-state index contributed by atoms with van der Waals surface area (Å²) in [5.41, 5.74) is 2.96. The highest BCUT2D eigenvalue weighted by molar-refractivity contribution is 7.92. The summed E-state index contributed by atoms with van der Waals surface area (Å²) < 4.78 is 31.8. The van der Waals surface area contributed by atoms with E-state index in [0.29, 0.717) is 18.0 Å². The molecule has 9 heteroatoms. The van der Waals surface area contributed by atoms with Gasteiger partial charge in [-0.3, -0.25) is 13.9 Å². The van der Waals surface area contributed by atoms with Crippen LogP contribution < -0.4 is 14.4 Å². The molecule has 2 rings (SSSR count). The van der Waals surface area contributed by atoms with Crippen LogP contribution in [0.25, 0.3) is 0 Å². The molecular weight excluding hydrogens is 466 g/mol. The van der Waals surface area contributed by atoms with E-state index in [0.717, 1.165) is 40.1 Å². The van der Waals surface area contributed by atoms with Crippen molar-refractivity contribution in [1.82, 2.24) is 10.2 Å². The Hall–Kier alpha value is -3.07. The van der Waals surface area contributed by atoms with E-state index in [1.165, 1.54) is 4.90 Å². The SMILES string of the molecule is CCCCNC(=O)[C@@H](C)N(Cc1cccc(OC)c1)C(=O)CN(c1cc(C)cc(C)c1)S(C)(=O)=O. The minimum absolute atomic E-state index is 0.128. The van der Waals surface area contributed by atoms with Gasteiger partial charge in [0.1, 0.15) is 18.3 Å². The Morgan fingerprint density at radius 2 is 1.74 bits per heavy atom. The Balaban J connectivity index is 2.39. The lowest BCUT2D eigenvalue weighted by Crippen LogP contribution is -2.51. The molecule has 0 bridgehead atoms. The van der Waals surface area contributed by atoms with Crippen LogP contribution >= 0.6 is 0 Å². The molecular formula is C26H37N3O5S. The van der Waals surface area contributed by atoms with Crippen molar-refractivity contribution in [2.24, 2.45) is 0 Å². The van der Waals surface area contributed by atoms with Crippen LogP contribution in [0, 0.1) is 13.8 Å². The molecule has 2 aromatic rings. The standard InChI is InChI=1S/C26H37N3O5S/c1-7-8-12-27-26(31)21(4)28(17-22-10-9-11-24(16-22)34-5)25(30)18-29(35(6,32)33)23-14-19(2)13-20(3)15-23/h9-11,13-16,21H,7-8,12,17-18H2,1-6H3,(H,27,31)/t21-/m1/s1. The van der Waals surface area contributed by atoms with Crippen molar-refractivity contribution < 1.29 is 22.7 Å². The summed E-state index contributed by atoms with van der Waals surface area (Å²) in [7, 11) is -2.21. The number of anilines is 1. The number of amides is 2. The number of methoxy groups -OCH3 is 1. The van der Waals surface area contributed by atoms with E-state index in [1.807, 2.05) is 32.9 Å². The fourth-order valence-corrected chi connectivity index (χ4v) is 4.63. The van der Waals surface area contributed by atoms with Gasteiger partial charge in [0.15, 0.2) is 0 Å². The maximum atomic E-state index is 13.6. The molecule has 1 atom stereocenters. The van der Waals surface area contributed by atoms with E-state index in [9.17, 15) is 18.0 Å². The summed E-state index contributed by atoms with van der Waals surface area (Å²) >= 11 is 0. The third-order valence-corrected chi connectivity index (χ3v) is 6.80. The van der Waals surface area contributed by atoms with Crippen LogP contribution in [0.2, 0.25) is 0 Å². The van der Waals surface area contributed by atoms with Crippen LogP contribution in [-0.4, -0.2) is 57.6 Å². The highest BCUT2D eigenvalue weighted by Gasteiger charge is 2.30. The van der Waals surface area contributed by atoms with Crippen molar-refractivity contribution in [3.05, 3.63) is 59.2 Å². The highest BCUT2D eigenvalue weighted by atomic mass is 32.2. The predicted molar refractivity (Wildman–Crippen MR) is 139 cm³/mol. The maximum Gasteiger partial charge on any atom is 0.244 e. The summed E-state index contributed by atoms with van der Waals surface area (Å²) in [5, 5.41) is 2.87. The Kier molecular flexibility index (Phi) is 10.1. The molecule has 0 aliphatic heterocycles. The lowest BCUT2D eigenvalue weighted by molar-refractivity contribution is -0.139. The van der Waals surface area contributed by atoms with Crippen molar-refractivity contribution in [1.29, 1.82) is 0 Å². The minimum atomic E-state index is -3.76. The Morgan fingerprint density at radius 3 is 2.31 bits per heavy atom. The maximum absolute atomic E-state index is 13.6. The molecule has 0 saturated carbocycles. The molecule has 0 radical (unpaired) electrons. The molecule has 0 aromatic heterocycles. The van der Waals surface area contributed by atoms with Gasteiger partial charge in [0.25, 0.3) is 0 Å². The molecule has 0 fully saturated rings. The van der Waals surface area contributed by atoms with Crippen LogP contribution in [0.1, 0.15) is 43.4 Å². The zero-order valence-electron chi connectivity index (χ0n) is 21.5. The van der Waals surface area contributed by atoms with Crippen LogP contribution in [0.3, 0.4) is 0 Å². The number of rotatable bonds is 12. The number of unbranched alkanes of at least 4 members (excludes halogenated alkanes) is 1. The van der Waals surface area contributed by atoms with Gasteiger partial charge in [-0.05, 0) is 68.1 Å². The number of nitrogens with one attached hydrogen (secondary N) is 1. The van der Waals surface area contributed by atoms with Crippen molar-refractivity contribution >= 4 is 27.5 Å². The molecule has 0 aliphatic rings. The van der Waals surface area contributed by atoms with Crippen molar-refractivity contribution in [2.75, 3.05) is 30.8 Å². The average molecular weight is 504 g/mol. The van der Waals surface area contributed by atoms with Gasteiger partial charge in [0.05, 0.1) is 19.1 Å². The number of sulfonamides is 1. The van der Waals surface area contributed by atoms with Crippen LogP contribution in [-0.2, 0) is 26.2 Å². The van der Waals surface area contributed by atoms with E-state index in [4.69, 9.17) is 4.74 Å². The molecule has 0 saturated heterocycles. The van der Waals surface area contributed by atoms with E-state index >= 15 is 0 Å². The number of ether oxygens (including phenoxy) is 1. The van der Waals surface area contributed by atoms with Gasteiger partial charge in [-0.15, -0.1) is 0 Å². The predicted octanol–water partition coefficient (Wildman–Crippen LogP) is 3.41. The molecule has 2 aromatic carbocycles. The first-order chi connectivity index (χ1) is 16.5. The van der Waals surface area contributed by atoms with Gasteiger partial charge >= 0.3 is 0 Å². The van der Waals surface area contributed by atoms with Crippen molar-refractivity contribution in [2.45, 2.75) is 53.1 Å². The molecule has 0 unspecified atom stereocenters. The fourth-order valence-electron chi connectivity index (χ4n) is 3.79. The van der Waals surface area contributed by atoms with E-state index in [2.05, 4.69) is 5.32 Å². The Morgan fingerprint density at radius 1 is 1.09 bits per heavy atom. The molecule has 1 N–H and O–H groups in total. The smallest absolute Gasteiger partial charge is 0.244 e. The van der Waals surface area contributed by atoms with Gasteiger partial charge < -0.3 is 15.0 Å². The molecule has 192 valence electrons. The molecule has 0 spiro atoms. The van der Waals surface area contributed by atoms with Crippen LogP contribution in [0.4, 0.5) is 5.69 Å². The first-order valence-electron chi connectivity index (χ1n) is 11.7. The first kappa shape index (κ1) is 28.2. The summed E-state index contributed by atoms with van der Waals surface area (Å²) in [6.45, 7) is 7.65. The number of hydrogen-bond acceptors (Lipinski definition) is 5. The Labute approximate surface area is 209 Å².